The van der Waals surface area contributed by atoms with Gasteiger partial charge in [-0.2, -0.15) is 0 Å². The summed E-state index contributed by atoms with van der Waals surface area (Å²) < 4.78 is 0. The summed E-state index contributed by atoms with van der Waals surface area (Å²) in [5.74, 6) is 0.943. The summed E-state index contributed by atoms with van der Waals surface area (Å²) in [6.45, 7) is 4.97. The lowest BCUT2D eigenvalue weighted by molar-refractivity contribution is -0.130. The van der Waals surface area contributed by atoms with Gasteiger partial charge in [0.1, 0.15) is 0 Å². The third-order valence-corrected chi connectivity index (χ3v) is 4.93. The number of amides is 1. The van der Waals surface area contributed by atoms with Crippen molar-refractivity contribution in [3.63, 3.8) is 0 Å². The molecule has 1 aromatic carbocycles. The molecule has 0 spiro atoms. The van der Waals surface area contributed by atoms with Crippen LogP contribution in [0.3, 0.4) is 0 Å². The maximum atomic E-state index is 12.6. The SMILES string of the molecule is C[C@@H](Sc1ccccc1)C(=O)N1CCN(c2ncccn2)CC1. The van der Waals surface area contributed by atoms with Gasteiger partial charge in [-0.25, -0.2) is 9.97 Å². The first-order valence-electron chi connectivity index (χ1n) is 7.76. The van der Waals surface area contributed by atoms with E-state index in [1.165, 1.54) is 0 Å². The number of anilines is 1. The number of thioether (sulfide) groups is 1. The second-order valence-electron chi connectivity index (χ2n) is 5.43. The van der Waals surface area contributed by atoms with Crippen LogP contribution >= 0.6 is 11.8 Å². The Kier molecular flexibility index (Phi) is 5.12. The van der Waals surface area contributed by atoms with Gasteiger partial charge in [-0.05, 0) is 25.1 Å². The van der Waals surface area contributed by atoms with Crippen molar-refractivity contribution in [1.29, 1.82) is 0 Å². The van der Waals surface area contributed by atoms with Crippen molar-refractivity contribution in [2.75, 3.05) is 31.1 Å². The first-order valence-corrected chi connectivity index (χ1v) is 8.64. The van der Waals surface area contributed by atoms with E-state index in [1.54, 1.807) is 24.2 Å². The van der Waals surface area contributed by atoms with Crippen LogP contribution in [0.15, 0.2) is 53.7 Å². The second kappa shape index (κ2) is 7.46. The molecule has 0 saturated carbocycles. The van der Waals surface area contributed by atoms with Gasteiger partial charge in [-0.1, -0.05) is 18.2 Å². The summed E-state index contributed by atoms with van der Waals surface area (Å²) in [7, 11) is 0. The molecule has 0 bridgehead atoms. The summed E-state index contributed by atoms with van der Waals surface area (Å²) in [6.07, 6.45) is 3.50. The number of carbonyl (C=O) groups is 1. The molecule has 2 aromatic rings. The van der Waals surface area contributed by atoms with E-state index in [0.717, 1.165) is 37.0 Å². The molecular formula is C17H20N4OS. The lowest BCUT2D eigenvalue weighted by Crippen LogP contribution is -2.51. The Labute approximate surface area is 140 Å². The van der Waals surface area contributed by atoms with Crippen molar-refractivity contribution in [3.05, 3.63) is 48.8 Å². The van der Waals surface area contributed by atoms with Crippen molar-refractivity contribution >= 4 is 23.6 Å². The molecule has 1 aromatic heterocycles. The van der Waals surface area contributed by atoms with Gasteiger partial charge in [0.15, 0.2) is 0 Å². The third kappa shape index (κ3) is 4.01. The molecule has 0 N–H and O–H groups in total. The summed E-state index contributed by atoms with van der Waals surface area (Å²) in [6, 6.07) is 11.9. The van der Waals surface area contributed by atoms with Crippen LogP contribution in [0.2, 0.25) is 0 Å². The smallest absolute Gasteiger partial charge is 0.235 e. The first kappa shape index (κ1) is 15.8. The lowest BCUT2D eigenvalue weighted by Gasteiger charge is -2.35. The van der Waals surface area contributed by atoms with Crippen molar-refractivity contribution in [2.24, 2.45) is 0 Å². The van der Waals surface area contributed by atoms with E-state index in [-0.39, 0.29) is 11.2 Å². The molecule has 6 heteroatoms. The van der Waals surface area contributed by atoms with Crippen LogP contribution in [-0.2, 0) is 4.79 Å². The molecule has 1 amide bonds. The Bertz CT molecular complexity index is 630. The van der Waals surface area contributed by atoms with Crippen LogP contribution in [0.5, 0.6) is 0 Å². The van der Waals surface area contributed by atoms with Gasteiger partial charge in [0.25, 0.3) is 0 Å². The minimum atomic E-state index is -0.0723. The summed E-state index contributed by atoms with van der Waals surface area (Å²) in [5, 5.41) is -0.0723. The molecule has 0 unspecified atom stereocenters. The van der Waals surface area contributed by atoms with E-state index < -0.39 is 0 Å². The zero-order valence-electron chi connectivity index (χ0n) is 13.1. The quantitative estimate of drug-likeness (QED) is 0.806. The van der Waals surface area contributed by atoms with E-state index in [0.29, 0.717) is 0 Å². The molecule has 1 saturated heterocycles. The Morgan fingerprint density at radius 1 is 1.04 bits per heavy atom. The molecule has 1 fully saturated rings. The zero-order chi connectivity index (χ0) is 16.1. The van der Waals surface area contributed by atoms with Gasteiger partial charge in [-0.15, -0.1) is 11.8 Å². The molecular weight excluding hydrogens is 308 g/mol. The molecule has 0 aliphatic carbocycles. The Morgan fingerprint density at radius 3 is 2.35 bits per heavy atom. The number of piperazine rings is 1. The number of rotatable bonds is 4. The predicted molar refractivity (Wildman–Crippen MR) is 92.6 cm³/mol. The van der Waals surface area contributed by atoms with Crippen LogP contribution in [0.4, 0.5) is 5.95 Å². The van der Waals surface area contributed by atoms with Crippen molar-refractivity contribution in [1.82, 2.24) is 14.9 Å². The zero-order valence-corrected chi connectivity index (χ0v) is 13.9. The number of benzene rings is 1. The highest BCUT2D eigenvalue weighted by Gasteiger charge is 2.26. The fourth-order valence-electron chi connectivity index (χ4n) is 2.59. The fourth-order valence-corrected chi connectivity index (χ4v) is 3.56. The fraction of sp³-hybridized carbons (Fsp3) is 0.353. The van der Waals surface area contributed by atoms with E-state index in [1.807, 2.05) is 48.2 Å². The molecule has 5 nitrogen and oxygen atoms in total. The standard InChI is InChI=1S/C17H20N4OS/c1-14(23-15-6-3-2-4-7-15)16(22)20-10-12-21(13-11-20)17-18-8-5-9-19-17/h2-9,14H,10-13H2,1H3/t14-/m1/s1. The van der Waals surface area contributed by atoms with Gasteiger partial charge in [0, 0.05) is 43.5 Å². The van der Waals surface area contributed by atoms with Crippen molar-refractivity contribution in [2.45, 2.75) is 17.1 Å². The number of hydrogen-bond donors (Lipinski definition) is 0. The van der Waals surface area contributed by atoms with Gasteiger partial charge >= 0.3 is 0 Å². The number of carbonyl (C=O) groups excluding carboxylic acids is 1. The van der Waals surface area contributed by atoms with Crippen LogP contribution in [0, 0.1) is 0 Å². The van der Waals surface area contributed by atoms with Crippen LogP contribution in [-0.4, -0.2) is 52.2 Å². The molecule has 3 rings (SSSR count). The largest absolute Gasteiger partial charge is 0.338 e. The minimum absolute atomic E-state index is 0.0723. The monoisotopic (exact) mass is 328 g/mol. The Morgan fingerprint density at radius 2 is 1.70 bits per heavy atom. The number of aromatic nitrogens is 2. The molecule has 0 radical (unpaired) electrons. The maximum Gasteiger partial charge on any atom is 0.235 e. The molecule has 1 aliphatic rings. The third-order valence-electron chi connectivity index (χ3n) is 3.83. The molecule has 23 heavy (non-hydrogen) atoms. The Balaban J connectivity index is 1.54. The second-order valence-corrected chi connectivity index (χ2v) is 6.85. The van der Waals surface area contributed by atoms with Gasteiger partial charge in [0.2, 0.25) is 11.9 Å². The average molecular weight is 328 g/mol. The number of nitrogens with zero attached hydrogens (tertiary/aromatic N) is 4. The van der Waals surface area contributed by atoms with E-state index >= 15 is 0 Å². The normalized spacial score (nSPS) is 16.2. The highest BCUT2D eigenvalue weighted by molar-refractivity contribution is 8.00. The average Bonchev–Trinajstić information content (AvgIpc) is 2.63. The maximum absolute atomic E-state index is 12.6. The number of hydrogen-bond acceptors (Lipinski definition) is 5. The Hall–Kier alpha value is -2.08. The van der Waals surface area contributed by atoms with Gasteiger partial charge in [-0.3, -0.25) is 4.79 Å². The van der Waals surface area contributed by atoms with Crippen molar-refractivity contribution < 1.29 is 4.79 Å². The van der Waals surface area contributed by atoms with Gasteiger partial charge < -0.3 is 9.80 Å². The molecule has 120 valence electrons. The van der Waals surface area contributed by atoms with Gasteiger partial charge in [0.05, 0.1) is 5.25 Å². The lowest BCUT2D eigenvalue weighted by atomic mass is 10.3. The van der Waals surface area contributed by atoms with E-state index in [9.17, 15) is 4.79 Å². The van der Waals surface area contributed by atoms with E-state index in [4.69, 9.17) is 0 Å². The summed E-state index contributed by atoms with van der Waals surface area (Å²) in [4.78, 5) is 26.3. The highest BCUT2D eigenvalue weighted by Crippen LogP contribution is 2.24. The summed E-state index contributed by atoms with van der Waals surface area (Å²) >= 11 is 1.61. The van der Waals surface area contributed by atoms with Crippen molar-refractivity contribution in [3.8, 4) is 0 Å². The molecule has 1 atom stereocenters. The predicted octanol–water partition coefficient (Wildman–Crippen LogP) is 2.31. The van der Waals surface area contributed by atoms with Crippen LogP contribution < -0.4 is 4.90 Å². The topological polar surface area (TPSA) is 49.3 Å². The van der Waals surface area contributed by atoms with E-state index in [2.05, 4.69) is 14.9 Å². The molecule has 1 aliphatic heterocycles. The van der Waals surface area contributed by atoms with Crippen LogP contribution in [0.1, 0.15) is 6.92 Å². The first-order chi connectivity index (χ1) is 11.2. The van der Waals surface area contributed by atoms with Crippen LogP contribution in [0.25, 0.3) is 0 Å². The summed E-state index contributed by atoms with van der Waals surface area (Å²) in [5.41, 5.74) is 0. The minimum Gasteiger partial charge on any atom is -0.338 e. The molecule has 2 heterocycles. The highest BCUT2D eigenvalue weighted by atomic mass is 32.2.